The summed E-state index contributed by atoms with van der Waals surface area (Å²) in [6, 6.07) is 7.47. The van der Waals surface area contributed by atoms with Gasteiger partial charge in [0, 0.05) is 38.8 Å². The molecule has 1 fully saturated rings. The van der Waals surface area contributed by atoms with E-state index in [0.29, 0.717) is 31.1 Å². The minimum Gasteiger partial charge on any atom is -0.356 e. The van der Waals surface area contributed by atoms with Crippen molar-refractivity contribution in [3.8, 4) is 0 Å². The van der Waals surface area contributed by atoms with Gasteiger partial charge in [0.1, 0.15) is 0 Å². The second kappa shape index (κ2) is 12.6. The van der Waals surface area contributed by atoms with Crippen molar-refractivity contribution in [2.45, 2.75) is 33.2 Å². The number of benzene rings is 1. The number of amides is 2. The van der Waals surface area contributed by atoms with Gasteiger partial charge in [0.05, 0.1) is 6.54 Å². The molecule has 156 valence electrons. The van der Waals surface area contributed by atoms with E-state index in [2.05, 4.69) is 34.8 Å². The molecule has 28 heavy (non-hydrogen) atoms. The van der Waals surface area contributed by atoms with Crippen LogP contribution in [0.1, 0.15) is 42.6 Å². The molecule has 0 saturated carbocycles. The highest BCUT2D eigenvalue weighted by Gasteiger charge is 2.22. The minimum atomic E-state index is -0.109. The summed E-state index contributed by atoms with van der Waals surface area (Å²) in [6.07, 6.45) is 2.31. The first-order chi connectivity index (χ1) is 13.0. The Kier molecular flexibility index (Phi) is 10.9. The molecule has 1 heterocycles. The highest BCUT2D eigenvalue weighted by molar-refractivity contribution is 14.0. The average Bonchev–Trinajstić information content (AvgIpc) is 2.67. The van der Waals surface area contributed by atoms with Gasteiger partial charge in [-0.05, 0) is 36.5 Å². The van der Waals surface area contributed by atoms with Gasteiger partial charge in [-0.15, -0.1) is 24.0 Å². The van der Waals surface area contributed by atoms with Crippen molar-refractivity contribution in [2.75, 3.05) is 33.2 Å². The molecule has 2 rings (SSSR count). The van der Waals surface area contributed by atoms with Crippen LogP contribution in [0, 0.1) is 5.92 Å². The molecule has 2 amide bonds. The van der Waals surface area contributed by atoms with E-state index in [9.17, 15) is 9.59 Å². The van der Waals surface area contributed by atoms with Crippen molar-refractivity contribution in [1.29, 1.82) is 0 Å². The number of hydrogen-bond acceptors (Lipinski definition) is 3. The second-order valence-electron chi connectivity index (χ2n) is 7.16. The number of carbonyl (C=O) groups excluding carboxylic acids is 2. The van der Waals surface area contributed by atoms with Crippen molar-refractivity contribution >= 4 is 41.8 Å². The zero-order valence-electron chi connectivity index (χ0n) is 17.0. The fraction of sp³-hybridized carbons (Fsp3) is 0.550. The topological polar surface area (TPSA) is 85.8 Å². The van der Waals surface area contributed by atoms with Gasteiger partial charge in [-0.2, -0.15) is 0 Å². The largest absolute Gasteiger partial charge is 0.356 e. The summed E-state index contributed by atoms with van der Waals surface area (Å²) in [5.41, 5.74) is 1.66. The maximum Gasteiger partial charge on any atom is 0.254 e. The number of halogens is 1. The van der Waals surface area contributed by atoms with Crippen molar-refractivity contribution in [1.82, 2.24) is 20.9 Å². The van der Waals surface area contributed by atoms with E-state index in [1.807, 2.05) is 24.3 Å². The monoisotopic (exact) mass is 501 g/mol. The van der Waals surface area contributed by atoms with Crippen LogP contribution in [0.5, 0.6) is 0 Å². The van der Waals surface area contributed by atoms with Crippen LogP contribution < -0.4 is 16.0 Å². The fourth-order valence-corrected chi connectivity index (χ4v) is 2.88. The van der Waals surface area contributed by atoms with Crippen LogP contribution in [0.2, 0.25) is 0 Å². The van der Waals surface area contributed by atoms with E-state index in [4.69, 9.17) is 0 Å². The van der Waals surface area contributed by atoms with Gasteiger partial charge in [0.2, 0.25) is 5.91 Å². The molecule has 0 aliphatic carbocycles. The first-order valence-corrected chi connectivity index (χ1v) is 9.59. The van der Waals surface area contributed by atoms with Crippen LogP contribution in [0.4, 0.5) is 0 Å². The lowest BCUT2D eigenvalue weighted by Crippen LogP contribution is -2.49. The molecule has 0 bridgehead atoms. The molecule has 0 unspecified atom stereocenters. The molecule has 0 aromatic heterocycles. The number of aliphatic imine (C=N–C) groups is 1. The smallest absolute Gasteiger partial charge is 0.254 e. The molecule has 3 N–H and O–H groups in total. The summed E-state index contributed by atoms with van der Waals surface area (Å²) in [4.78, 5) is 29.7. The van der Waals surface area contributed by atoms with E-state index in [-0.39, 0.29) is 42.3 Å². The van der Waals surface area contributed by atoms with Crippen LogP contribution in [0.15, 0.2) is 29.3 Å². The molecule has 1 aromatic carbocycles. The minimum absolute atomic E-state index is 0. The van der Waals surface area contributed by atoms with E-state index in [1.54, 1.807) is 11.9 Å². The number of hydrogen-bond donors (Lipinski definition) is 3. The lowest BCUT2D eigenvalue weighted by atomic mass is 10.1. The Bertz CT molecular complexity index is 661. The summed E-state index contributed by atoms with van der Waals surface area (Å²) >= 11 is 0. The molecule has 0 atom stereocenters. The molecule has 7 nitrogen and oxygen atoms in total. The molecule has 0 radical (unpaired) electrons. The maximum absolute atomic E-state index is 12.5. The number of rotatable bonds is 7. The zero-order valence-corrected chi connectivity index (χ0v) is 19.3. The normalized spacial score (nSPS) is 14.4. The zero-order chi connectivity index (χ0) is 19.6. The van der Waals surface area contributed by atoms with Crippen LogP contribution in [0.25, 0.3) is 0 Å². The van der Waals surface area contributed by atoms with Gasteiger partial charge in [-0.3, -0.25) is 14.6 Å². The first-order valence-electron chi connectivity index (χ1n) is 9.59. The fourth-order valence-electron chi connectivity index (χ4n) is 2.88. The third-order valence-corrected chi connectivity index (χ3v) is 4.46. The van der Waals surface area contributed by atoms with E-state index in [1.165, 1.54) is 6.42 Å². The number of carbonyl (C=O) groups is 2. The lowest BCUT2D eigenvalue weighted by Gasteiger charge is -2.26. The van der Waals surface area contributed by atoms with Crippen LogP contribution >= 0.6 is 24.0 Å². The Morgan fingerprint density at radius 1 is 1.25 bits per heavy atom. The molecule has 1 aliphatic heterocycles. The number of piperazine rings is 1. The number of guanidine groups is 1. The second-order valence-corrected chi connectivity index (χ2v) is 7.16. The standard InChI is InChI=1S/C20H31N5O2.HI/c1-15(2)5-4-10-23-20(21-3)24-13-16-6-8-17(9-7-16)19(27)25-12-11-22-18(26)14-25;/h6-9,15H,4-5,10-14H2,1-3H3,(H,22,26)(H2,21,23,24);1H. The van der Waals surface area contributed by atoms with Crippen molar-refractivity contribution in [3.63, 3.8) is 0 Å². The van der Waals surface area contributed by atoms with Gasteiger partial charge >= 0.3 is 0 Å². The van der Waals surface area contributed by atoms with Crippen LogP contribution in [-0.2, 0) is 11.3 Å². The Labute approximate surface area is 184 Å². The van der Waals surface area contributed by atoms with Gasteiger partial charge < -0.3 is 20.9 Å². The van der Waals surface area contributed by atoms with Crippen molar-refractivity contribution in [2.24, 2.45) is 10.9 Å². The quantitative estimate of drug-likeness (QED) is 0.231. The highest BCUT2D eigenvalue weighted by atomic mass is 127. The van der Waals surface area contributed by atoms with E-state index in [0.717, 1.165) is 24.5 Å². The molecular formula is C20H32IN5O2. The molecular weight excluding hydrogens is 469 g/mol. The van der Waals surface area contributed by atoms with Gasteiger partial charge in [-0.25, -0.2) is 0 Å². The van der Waals surface area contributed by atoms with Gasteiger partial charge in [0.25, 0.3) is 5.91 Å². The predicted octanol–water partition coefficient (Wildman–Crippen LogP) is 1.98. The first kappa shape index (κ1) is 24.2. The molecule has 0 spiro atoms. The van der Waals surface area contributed by atoms with Crippen LogP contribution in [0.3, 0.4) is 0 Å². The van der Waals surface area contributed by atoms with E-state index >= 15 is 0 Å². The third-order valence-electron chi connectivity index (χ3n) is 4.46. The molecule has 8 heteroatoms. The number of nitrogens with zero attached hydrogens (tertiary/aromatic N) is 2. The molecule has 1 aromatic rings. The Hall–Kier alpha value is -1.84. The summed E-state index contributed by atoms with van der Waals surface area (Å²) in [6.45, 7) is 7.16. The average molecular weight is 501 g/mol. The Morgan fingerprint density at radius 2 is 1.96 bits per heavy atom. The summed E-state index contributed by atoms with van der Waals surface area (Å²) < 4.78 is 0. The third kappa shape index (κ3) is 8.04. The van der Waals surface area contributed by atoms with Crippen LogP contribution in [-0.4, -0.2) is 55.9 Å². The highest BCUT2D eigenvalue weighted by Crippen LogP contribution is 2.09. The Balaban J connectivity index is 0.00000392. The van der Waals surface area contributed by atoms with Crippen molar-refractivity contribution < 1.29 is 9.59 Å². The van der Waals surface area contributed by atoms with Crippen molar-refractivity contribution in [3.05, 3.63) is 35.4 Å². The maximum atomic E-state index is 12.5. The van der Waals surface area contributed by atoms with Gasteiger partial charge in [-0.1, -0.05) is 26.0 Å². The molecule has 1 aliphatic rings. The lowest BCUT2D eigenvalue weighted by molar-refractivity contribution is -0.123. The SMILES string of the molecule is CN=C(NCCCC(C)C)NCc1ccc(C(=O)N2CCNC(=O)C2)cc1.I. The van der Waals surface area contributed by atoms with Gasteiger partial charge in [0.15, 0.2) is 5.96 Å². The summed E-state index contributed by atoms with van der Waals surface area (Å²) in [5, 5.41) is 9.32. The molecule has 1 saturated heterocycles. The predicted molar refractivity (Wildman–Crippen MR) is 123 cm³/mol. The summed E-state index contributed by atoms with van der Waals surface area (Å²) in [5.74, 6) is 1.27. The number of nitrogens with one attached hydrogen (secondary N) is 3. The summed E-state index contributed by atoms with van der Waals surface area (Å²) in [7, 11) is 1.76. The van der Waals surface area contributed by atoms with E-state index < -0.39 is 0 Å². The Morgan fingerprint density at radius 3 is 2.57 bits per heavy atom.